The molecule has 0 aliphatic carbocycles. The molecule has 1 aromatic carbocycles. The molecule has 1 rings (SSSR count). The van der Waals surface area contributed by atoms with E-state index in [1.807, 2.05) is 0 Å². The number of hydrogen-bond donors (Lipinski definition) is 4. The Morgan fingerprint density at radius 3 is 1.27 bits per heavy atom. The first kappa shape index (κ1) is 22.0. The number of carbonyl (C=O) groups is 2. The third-order valence-electron chi connectivity index (χ3n) is 3.19. The van der Waals surface area contributed by atoms with Gasteiger partial charge in [0.2, 0.25) is 0 Å². The van der Waals surface area contributed by atoms with E-state index in [4.69, 9.17) is 30.1 Å². The first-order valence-electron chi connectivity index (χ1n) is 8.04. The van der Waals surface area contributed by atoms with E-state index in [0.29, 0.717) is 0 Å². The number of benzene rings is 1. The van der Waals surface area contributed by atoms with Gasteiger partial charge in [-0.2, -0.15) is 0 Å². The van der Waals surface area contributed by atoms with E-state index >= 15 is 0 Å². The van der Waals surface area contributed by atoms with Crippen LogP contribution in [0.2, 0.25) is 0 Å². The topological polar surface area (TPSA) is 140 Å². The van der Waals surface area contributed by atoms with Gasteiger partial charge in [-0.15, -0.1) is 10.1 Å². The molecule has 0 radical (unpaired) electrons. The second-order valence-corrected chi connectivity index (χ2v) is 5.06. The van der Waals surface area contributed by atoms with E-state index < -0.39 is 11.9 Å². The van der Waals surface area contributed by atoms with Crippen molar-refractivity contribution in [3.05, 3.63) is 35.4 Å². The van der Waals surface area contributed by atoms with Crippen LogP contribution in [0.1, 0.15) is 20.7 Å². The summed E-state index contributed by atoms with van der Waals surface area (Å²) in [6.45, 7) is -1.14. The zero-order valence-corrected chi connectivity index (χ0v) is 14.3. The Balaban J connectivity index is 2.91. The van der Waals surface area contributed by atoms with Gasteiger partial charge in [-0.3, -0.25) is 0 Å². The lowest BCUT2D eigenvalue weighted by Crippen LogP contribution is -2.34. The highest BCUT2D eigenvalue weighted by Crippen LogP contribution is 2.13. The van der Waals surface area contributed by atoms with E-state index in [0.717, 1.165) is 10.1 Å². The van der Waals surface area contributed by atoms with Crippen LogP contribution in [-0.4, -0.2) is 95.1 Å². The van der Waals surface area contributed by atoms with Crippen LogP contribution in [0.15, 0.2) is 24.3 Å². The van der Waals surface area contributed by atoms with Crippen LogP contribution >= 0.6 is 0 Å². The summed E-state index contributed by atoms with van der Waals surface area (Å²) in [5.74, 6) is -1.70. The summed E-state index contributed by atoms with van der Waals surface area (Å²) in [6.07, 6.45) is 0. The standard InChI is InChI=1S/C16H24N2O8/c19-9-5-17(6-10-20)25-15(23)13-3-1-2-4-14(13)16(24)26-18(7-11-21)8-12-22/h1-4,19-22H,5-12H2. The van der Waals surface area contributed by atoms with Crippen molar-refractivity contribution in [2.75, 3.05) is 52.6 Å². The van der Waals surface area contributed by atoms with Crippen LogP contribution in [0.25, 0.3) is 0 Å². The van der Waals surface area contributed by atoms with Gasteiger partial charge in [0.25, 0.3) is 0 Å². The van der Waals surface area contributed by atoms with Crippen LogP contribution in [-0.2, 0) is 9.68 Å². The molecule has 0 fully saturated rings. The molecule has 0 saturated heterocycles. The van der Waals surface area contributed by atoms with Crippen LogP contribution < -0.4 is 0 Å². The Morgan fingerprint density at radius 2 is 1.00 bits per heavy atom. The van der Waals surface area contributed by atoms with Gasteiger partial charge in [0.05, 0.1) is 63.7 Å². The van der Waals surface area contributed by atoms with Crippen molar-refractivity contribution in [1.29, 1.82) is 0 Å². The molecule has 0 atom stereocenters. The molecule has 4 N–H and O–H groups in total. The fourth-order valence-electron chi connectivity index (χ4n) is 2.02. The number of aliphatic hydroxyl groups excluding tert-OH is 4. The van der Waals surface area contributed by atoms with Crippen molar-refractivity contribution in [2.24, 2.45) is 0 Å². The molecule has 1 aromatic rings. The number of hydroxylamine groups is 4. The zero-order valence-electron chi connectivity index (χ0n) is 14.3. The summed E-state index contributed by atoms with van der Waals surface area (Å²) in [6, 6.07) is 5.82. The predicted molar refractivity (Wildman–Crippen MR) is 88.8 cm³/mol. The maximum atomic E-state index is 12.3. The van der Waals surface area contributed by atoms with Gasteiger partial charge in [0.1, 0.15) is 0 Å². The summed E-state index contributed by atoms with van der Waals surface area (Å²) in [5.41, 5.74) is -0.127. The SMILES string of the molecule is O=C(ON(CCO)CCO)c1ccccc1C(=O)ON(CCO)CCO. The quantitative estimate of drug-likeness (QED) is 0.317. The molecule has 0 aliphatic heterocycles. The average molecular weight is 372 g/mol. The average Bonchev–Trinajstić information content (AvgIpc) is 2.62. The molecule has 146 valence electrons. The highest BCUT2D eigenvalue weighted by molar-refractivity contribution is 6.02. The summed E-state index contributed by atoms with van der Waals surface area (Å²) < 4.78 is 0. The minimum absolute atomic E-state index is 0.000306. The Labute approximate surface area is 150 Å². The van der Waals surface area contributed by atoms with Crippen LogP contribution in [0.4, 0.5) is 0 Å². The van der Waals surface area contributed by atoms with Crippen molar-refractivity contribution in [3.8, 4) is 0 Å². The van der Waals surface area contributed by atoms with E-state index in [9.17, 15) is 9.59 Å². The third kappa shape index (κ3) is 7.04. The number of aliphatic hydroxyl groups is 4. The molecule has 0 saturated carbocycles. The molecule has 0 spiro atoms. The van der Waals surface area contributed by atoms with Gasteiger partial charge in [-0.05, 0) is 12.1 Å². The Kier molecular flexibility index (Phi) is 10.4. The van der Waals surface area contributed by atoms with Crippen molar-refractivity contribution in [1.82, 2.24) is 10.1 Å². The maximum Gasteiger partial charge on any atom is 0.357 e. The van der Waals surface area contributed by atoms with Gasteiger partial charge in [-0.25, -0.2) is 9.59 Å². The molecule has 0 heterocycles. The zero-order chi connectivity index (χ0) is 19.4. The van der Waals surface area contributed by atoms with Gasteiger partial charge in [0.15, 0.2) is 0 Å². The van der Waals surface area contributed by atoms with Crippen LogP contribution in [0, 0.1) is 0 Å². The minimum atomic E-state index is -0.852. The van der Waals surface area contributed by atoms with Crippen molar-refractivity contribution in [2.45, 2.75) is 0 Å². The fraction of sp³-hybridized carbons (Fsp3) is 0.500. The van der Waals surface area contributed by atoms with Gasteiger partial charge >= 0.3 is 11.9 Å². The van der Waals surface area contributed by atoms with Crippen molar-refractivity contribution in [3.63, 3.8) is 0 Å². The predicted octanol–water partition coefficient (Wildman–Crippen LogP) is -1.60. The van der Waals surface area contributed by atoms with E-state index in [2.05, 4.69) is 0 Å². The second kappa shape index (κ2) is 12.3. The van der Waals surface area contributed by atoms with E-state index in [1.165, 1.54) is 24.3 Å². The molecule has 10 nitrogen and oxygen atoms in total. The molecular weight excluding hydrogens is 348 g/mol. The lowest BCUT2D eigenvalue weighted by molar-refractivity contribution is -0.123. The summed E-state index contributed by atoms with van der Waals surface area (Å²) >= 11 is 0. The van der Waals surface area contributed by atoms with Gasteiger partial charge < -0.3 is 30.1 Å². The second-order valence-electron chi connectivity index (χ2n) is 5.06. The largest absolute Gasteiger partial charge is 0.395 e. The summed E-state index contributed by atoms with van der Waals surface area (Å²) in [4.78, 5) is 34.8. The summed E-state index contributed by atoms with van der Waals surface area (Å²) in [7, 11) is 0. The van der Waals surface area contributed by atoms with Crippen molar-refractivity contribution >= 4 is 11.9 Å². The molecule has 0 unspecified atom stereocenters. The molecule has 0 bridgehead atoms. The van der Waals surface area contributed by atoms with Gasteiger partial charge in [-0.1, -0.05) is 12.1 Å². The Hall–Kier alpha value is -2.08. The first-order valence-corrected chi connectivity index (χ1v) is 8.04. The fourth-order valence-corrected chi connectivity index (χ4v) is 2.02. The molecule has 0 aromatic heterocycles. The van der Waals surface area contributed by atoms with E-state index in [-0.39, 0.29) is 63.7 Å². The number of carbonyl (C=O) groups excluding carboxylic acids is 2. The minimum Gasteiger partial charge on any atom is -0.395 e. The smallest absolute Gasteiger partial charge is 0.357 e. The third-order valence-corrected chi connectivity index (χ3v) is 3.19. The molecular formula is C16H24N2O8. The van der Waals surface area contributed by atoms with Crippen LogP contribution in [0.3, 0.4) is 0 Å². The molecule has 0 aliphatic rings. The lowest BCUT2D eigenvalue weighted by Gasteiger charge is -2.21. The Bertz CT molecular complexity index is 508. The number of hydrogen-bond acceptors (Lipinski definition) is 10. The lowest BCUT2D eigenvalue weighted by atomic mass is 10.1. The monoisotopic (exact) mass is 372 g/mol. The molecule has 0 amide bonds. The molecule has 10 heteroatoms. The van der Waals surface area contributed by atoms with Crippen molar-refractivity contribution < 1.29 is 39.7 Å². The normalized spacial score (nSPS) is 11.0. The highest BCUT2D eigenvalue weighted by atomic mass is 16.7. The first-order chi connectivity index (χ1) is 12.6. The number of rotatable bonds is 12. The molecule has 26 heavy (non-hydrogen) atoms. The maximum absolute atomic E-state index is 12.3. The van der Waals surface area contributed by atoms with Crippen LogP contribution in [0.5, 0.6) is 0 Å². The van der Waals surface area contributed by atoms with E-state index in [1.54, 1.807) is 0 Å². The highest BCUT2D eigenvalue weighted by Gasteiger charge is 2.23. The number of nitrogens with zero attached hydrogens (tertiary/aromatic N) is 2. The Morgan fingerprint density at radius 1 is 0.692 bits per heavy atom. The van der Waals surface area contributed by atoms with Gasteiger partial charge in [0, 0.05) is 0 Å². The summed E-state index contributed by atoms with van der Waals surface area (Å²) in [5, 5.41) is 38.0.